The van der Waals surface area contributed by atoms with E-state index in [1.807, 2.05) is 0 Å². The van der Waals surface area contributed by atoms with Crippen molar-refractivity contribution in [3.8, 4) is 0 Å². The van der Waals surface area contributed by atoms with Gasteiger partial charge in [-0.05, 0) is 50.0 Å². The zero-order valence-corrected chi connectivity index (χ0v) is 6.34. The quantitative estimate of drug-likeness (QED) is 0.606. The maximum atomic E-state index is 3.58. The molecule has 1 heterocycles. The number of nitrogens with one attached hydrogen (secondary N) is 1. The molecule has 2 aliphatic carbocycles. The second-order valence-electron chi connectivity index (χ2n) is 4.27. The Kier molecular flexibility index (Phi) is 0.984. The summed E-state index contributed by atoms with van der Waals surface area (Å²) in [7, 11) is 0. The highest BCUT2D eigenvalue weighted by Gasteiger charge is 2.47. The monoisotopic (exact) mass is 137 g/mol. The molecule has 0 aromatic carbocycles. The summed E-state index contributed by atoms with van der Waals surface area (Å²) in [6, 6.07) is 0.965. The molecule has 3 aliphatic rings. The molecule has 1 saturated heterocycles. The number of hydrogen-bond acceptors (Lipinski definition) is 1. The predicted molar refractivity (Wildman–Crippen MR) is 40.7 cm³/mol. The molecule has 56 valence electrons. The third-order valence-electron chi connectivity index (χ3n) is 3.41. The Morgan fingerprint density at radius 2 is 1.60 bits per heavy atom. The lowest BCUT2D eigenvalue weighted by atomic mass is 9.84. The van der Waals surface area contributed by atoms with Crippen LogP contribution < -0.4 is 5.32 Å². The molecule has 0 aromatic rings. The van der Waals surface area contributed by atoms with Gasteiger partial charge in [-0.1, -0.05) is 0 Å². The molecule has 0 bridgehead atoms. The third-order valence-corrected chi connectivity index (χ3v) is 3.41. The van der Waals surface area contributed by atoms with Gasteiger partial charge in [-0.15, -0.1) is 0 Å². The van der Waals surface area contributed by atoms with Crippen molar-refractivity contribution in [3.63, 3.8) is 0 Å². The minimum atomic E-state index is 0.965. The van der Waals surface area contributed by atoms with Crippen LogP contribution in [0.1, 0.15) is 25.7 Å². The van der Waals surface area contributed by atoms with Crippen molar-refractivity contribution in [3.05, 3.63) is 0 Å². The Labute approximate surface area is 62.2 Å². The van der Waals surface area contributed by atoms with Crippen molar-refractivity contribution in [2.45, 2.75) is 31.7 Å². The summed E-state index contributed by atoms with van der Waals surface area (Å²) in [4.78, 5) is 0. The molecule has 0 amide bonds. The SMILES string of the molecule is C1CC1[C@H]1CN[C@H]1C1CC1. The molecule has 0 spiro atoms. The van der Waals surface area contributed by atoms with Crippen molar-refractivity contribution in [2.75, 3.05) is 6.54 Å². The number of rotatable bonds is 2. The second-order valence-corrected chi connectivity index (χ2v) is 4.27. The maximum Gasteiger partial charge on any atom is 0.0138 e. The van der Waals surface area contributed by atoms with Gasteiger partial charge in [0, 0.05) is 6.04 Å². The fourth-order valence-electron chi connectivity index (χ4n) is 2.35. The van der Waals surface area contributed by atoms with Crippen LogP contribution in [0.2, 0.25) is 0 Å². The molecule has 0 radical (unpaired) electrons. The van der Waals surface area contributed by atoms with Crippen LogP contribution in [0, 0.1) is 17.8 Å². The lowest BCUT2D eigenvalue weighted by Gasteiger charge is -2.38. The first-order valence-electron chi connectivity index (χ1n) is 4.68. The zero-order valence-electron chi connectivity index (χ0n) is 6.34. The first-order chi connectivity index (χ1) is 4.95. The van der Waals surface area contributed by atoms with Crippen molar-refractivity contribution in [2.24, 2.45) is 17.8 Å². The van der Waals surface area contributed by atoms with Gasteiger partial charge in [-0.25, -0.2) is 0 Å². The van der Waals surface area contributed by atoms with E-state index >= 15 is 0 Å². The topological polar surface area (TPSA) is 12.0 Å². The Balaban J connectivity index is 1.64. The van der Waals surface area contributed by atoms with E-state index in [9.17, 15) is 0 Å². The van der Waals surface area contributed by atoms with E-state index in [0.717, 1.165) is 23.8 Å². The van der Waals surface area contributed by atoms with Crippen LogP contribution in [0.5, 0.6) is 0 Å². The fraction of sp³-hybridized carbons (Fsp3) is 1.00. The third kappa shape index (κ3) is 0.731. The van der Waals surface area contributed by atoms with Gasteiger partial charge in [-0.2, -0.15) is 0 Å². The van der Waals surface area contributed by atoms with E-state index in [4.69, 9.17) is 0 Å². The molecule has 0 unspecified atom stereocenters. The summed E-state index contributed by atoms with van der Waals surface area (Å²) >= 11 is 0. The first-order valence-corrected chi connectivity index (χ1v) is 4.68. The fourth-order valence-corrected chi connectivity index (χ4v) is 2.35. The summed E-state index contributed by atoms with van der Waals surface area (Å²) in [5.74, 6) is 3.35. The van der Waals surface area contributed by atoms with E-state index in [2.05, 4.69) is 5.32 Å². The second kappa shape index (κ2) is 1.76. The smallest absolute Gasteiger partial charge is 0.0138 e. The van der Waals surface area contributed by atoms with Crippen molar-refractivity contribution < 1.29 is 0 Å². The van der Waals surface area contributed by atoms with Crippen LogP contribution in [0.25, 0.3) is 0 Å². The lowest BCUT2D eigenvalue weighted by Crippen LogP contribution is -2.55. The highest BCUT2D eigenvalue weighted by Crippen LogP contribution is 2.48. The minimum absolute atomic E-state index is 0.965. The molecule has 1 N–H and O–H groups in total. The van der Waals surface area contributed by atoms with Gasteiger partial charge in [0.2, 0.25) is 0 Å². The van der Waals surface area contributed by atoms with E-state index in [-0.39, 0.29) is 0 Å². The van der Waals surface area contributed by atoms with Crippen LogP contribution in [0.15, 0.2) is 0 Å². The number of hydrogen-bond donors (Lipinski definition) is 1. The molecule has 1 aliphatic heterocycles. The molecule has 2 saturated carbocycles. The van der Waals surface area contributed by atoms with E-state index in [0.29, 0.717) is 0 Å². The van der Waals surface area contributed by atoms with Crippen molar-refractivity contribution >= 4 is 0 Å². The highest BCUT2D eigenvalue weighted by molar-refractivity contribution is 5.03. The Hall–Kier alpha value is -0.0400. The first kappa shape index (κ1) is 5.59. The van der Waals surface area contributed by atoms with E-state index < -0.39 is 0 Å². The van der Waals surface area contributed by atoms with E-state index in [1.54, 1.807) is 0 Å². The molecule has 3 fully saturated rings. The van der Waals surface area contributed by atoms with Gasteiger partial charge < -0.3 is 5.32 Å². The molecule has 10 heavy (non-hydrogen) atoms. The highest BCUT2D eigenvalue weighted by atomic mass is 15.0. The predicted octanol–water partition coefficient (Wildman–Crippen LogP) is 1.39. The Bertz CT molecular complexity index is 129. The molecular formula is C9H15N. The standard InChI is InChI=1S/C9H15N/c1-2-6(1)8-5-10-9(8)7-3-4-7/h6-10H,1-5H2/t8-,9+/m1/s1. The van der Waals surface area contributed by atoms with Gasteiger partial charge in [0.05, 0.1) is 0 Å². The summed E-state index contributed by atoms with van der Waals surface area (Å²) in [5, 5.41) is 3.58. The van der Waals surface area contributed by atoms with Crippen LogP contribution >= 0.6 is 0 Å². The normalized spacial score (nSPS) is 46.8. The molecule has 3 rings (SSSR count). The largest absolute Gasteiger partial charge is 0.313 e. The molecule has 0 aromatic heterocycles. The summed E-state index contributed by atoms with van der Waals surface area (Å²) in [6.07, 6.45) is 6.10. The van der Waals surface area contributed by atoms with Crippen LogP contribution in [0.3, 0.4) is 0 Å². The minimum Gasteiger partial charge on any atom is -0.313 e. The lowest BCUT2D eigenvalue weighted by molar-refractivity contribution is 0.181. The van der Waals surface area contributed by atoms with E-state index in [1.165, 1.54) is 32.2 Å². The summed E-state index contributed by atoms with van der Waals surface area (Å²) in [6.45, 7) is 1.34. The maximum absolute atomic E-state index is 3.58. The van der Waals surface area contributed by atoms with Crippen LogP contribution in [-0.2, 0) is 0 Å². The van der Waals surface area contributed by atoms with Crippen LogP contribution in [-0.4, -0.2) is 12.6 Å². The zero-order chi connectivity index (χ0) is 6.55. The average Bonchev–Trinajstić information content (AvgIpc) is 2.50. The van der Waals surface area contributed by atoms with Gasteiger partial charge in [0.1, 0.15) is 0 Å². The van der Waals surface area contributed by atoms with Gasteiger partial charge in [0.15, 0.2) is 0 Å². The average molecular weight is 137 g/mol. The molecule has 1 nitrogen and oxygen atoms in total. The Morgan fingerprint density at radius 1 is 0.900 bits per heavy atom. The molecule has 2 atom stereocenters. The molecular weight excluding hydrogens is 122 g/mol. The Morgan fingerprint density at radius 3 is 2.00 bits per heavy atom. The summed E-state index contributed by atoms with van der Waals surface area (Å²) < 4.78 is 0. The van der Waals surface area contributed by atoms with Gasteiger partial charge >= 0.3 is 0 Å². The molecule has 1 heteroatoms. The van der Waals surface area contributed by atoms with Crippen molar-refractivity contribution in [1.29, 1.82) is 0 Å². The summed E-state index contributed by atoms with van der Waals surface area (Å²) in [5.41, 5.74) is 0. The van der Waals surface area contributed by atoms with Crippen molar-refractivity contribution in [1.82, 2.24) is 5.32 Å². The van der Waals surface area contributed by atoms with Crippen LogP contribution in [0.4, 0.5) is 0 Å². The van der Waals surface area contributed by atoms with Gasteiger partial charge in [0.25, 0.3) is 0 Å². The van der Waals surface area contributed by atoms with Gasteiger partial charge in [-0.3, -0.25) is 0 Å².